The van der Waals surface area contributed by atoms with Gasteiger partial charge in [-0.25, -0.2) is 0 Å². The van der Waals surface area contributed by atoms with E-state index in [0.717, 1.165) is 12.3 Å². The predicted octanol–water partition coefficient (Wildman–Crippen LogP) is 2.97. The minimum Gasteiger partial charge on any atom is -0.389 e. The highest BCUT2D eigenvalue weighted by molar-refractivity contribution is 5.09. The molecule has 2 atom stereocenters. The van der Waals surface area contributed by atoms with Crippen LogP contribution in [0, 0.1) is 23.2 Å². The van der Waals surface area contributed by atoms with Crippen molar-refractivity contribution in [2.24, 2.45) is 23.2 Å². The van der Waals surface area contributed by atoms with Crippen molar-refractivity contribution < 1.29 is 5.11 Å². The van der Waals surface area contributed by atoms with Crippen LogP contribution in [0.5, 0.6) is 0 Å². The van der Waals surface area contributed by atoms with E-state index in [0.29, 0.717) is 17.3 Å². The Kier molecular flexibility index (Phi) is 1.68. The van der Waals surface area contributed by atoms with Crippen molar-refractivity contribution in [2.75, 3.05) is 0 Å². The predicted molar refractivity (Wildman–Crippen MR) is 56.9 cm³/mol. The van der Waals surface area contributed by atoms with Gasteiger partial charge in [0.1, 0.15) is 0 Å². The zero-order valence-corrected chi connectivity index (χ0v) is 9.42. The van der Waals surface area contributed by atoms with Crippen LogP contribution in [0.15, 0.2) is 0 Å². The average Bonchev–Trinajstić information content (AvgIpc) is 2.11. The average molecular weight is 194 g/mol. The lowest BCUT2D eigenvalue weighted by Gasteiger charge is -2.62. The van der Waals surface area contributed by atoms with E-state index in [-0.39, 0.29) is 5.60 Å². The maximum atomic E-state index is 10.7. The molecule has 0 aromatic carbocycles. The highest BCUT2D eigenvalue weighted by Gasteiger charge is 2.59. The van der Waals surface area contributed by atoms with Gasteiger partial charge in [-0.05, 0) is 61.7 Å². The Balaban J connectivity index is 1.96. The first-order valence-corrected chi connectivity index (χ1v) is 6.28. The molecule has 1 N–H and O–H groups in total. The molecule has 0 heterocycles. The topological polar surface area (TPSA) is 20.2 Å². The Labute approximate surface area is 86.9 Å². The van der Waals surface area contributed by atoms with Crippen LogP contribution in [0.1, 0.15) is 52.4 Å². The lowest BCUT2D eigenvalue weighted by molar-refractivity contribution is -0.198. The van der Waals surface area contributed by atoms with Gasteiger partial charge < -0.3 is 5.11 Å². The first-order valence-electron chi connectivity index (χ1n) is 6.28. The maximum absolute atomic E-state index is 10.7. The third-order valence-electron chi connectivity index (χ3n) is 5.48. The van der Waals surface area contributed by atoms with E-state index < -0.39 is 0 Å². The molecule has 4 rings (SSSR count). The third-order valence-corrected chi connectivity index (χ3v) is 5.48. The maximum Gasteiger partial charge on any atom is 0.0701 e. The first-order chi connectivity index (χ1) is 6.56. The quantitative estimate of drug-likeness (QED) is 0.680. The summed E-state index contributed by atoms with van der Waals surface area (Å²) in [7, 11) is 0. The van der Waals surface area contributed by atoms with Gasteiger partial charge in [-0.15, -0.1) is 0 Å². The number of hydrogen-bond donors (Lipinski definition) is 1. The fourth-order valence-electron chi connectivity index (χ4n) is 5.04. The molecule has 14 heavy (non-hydrogen) atoms. The second-order valence-corrected chi connectivity index (χ2v) is 6.50. The molecular weight excluding hydrogens is 172 g/mol. The second kappa shape index (κ2) is 2.55. The van der Waals surface area contributed by atoms with Crippen LogP contribution in [-0.4, -0.2) is 10.7 Å². The SMILES string of the molecule is CCC1(O)C2CC3CC1CC(C)(C3)C2. The number of rotatable bonds is 1. The highest BCUT2D eigenvalue weighted by Crippen LogP contribution is 2.63. The van der Waals surface area contributed by atoms with Crippen LogP contribution in [0.25, 0.3) is 0 Å². The summed E-state index contributed by atoms with van der Waals surface area (Å²) in [6.07, 6.45) is 7.65. The Morgan fingerprint density at radius 1 is 1.14 bits per heavy atom. The largest absolute Gasteiger partial charge is 0.389 e. The molecule has 0 aliphatic heterocycles. The van der Waals surface area contributed by atoms with Crippen molar-refractivity contribution in [3.63, 3.8) is 0 Å². The Morgan fingerprint density at radius 3 is 2.14 bits per heavy atom. The summed E-state index contributed by atoms with van der Waals surface area (Å²) in [6, 6.07) is 0. The molecule has 4 bridgehead atoms. The van der Waals surface area contributed by atoms with Gasteiger partial charge in [0, 0.05) is 0 Å². The van der Waals surface area contributed by atoms with Crippen LogP contribution in [0.2, 0.25) is 0 Å². The van der Waals surface area contributed by atoms with Gasteiger partial charge >= 0.3 is 0 Å². The van der Waals surface area contributed by atoms with Crippen molar-refractivity contribution in [1.82, 2.24) is 0 Å². The summed E-state index contributed by atoms with van der Waals surface area (Å²) in [5.41, 5.74) is 0.314. The van der Waals surface area contributed by atoms with Gasteiger partial charge in [0.25, 0.3) is 0 Å². The van der Waals surface area contributed by atoms with Crippen molar-refractivity contribution >= 4 is 0 Å². The lowest BCUT2D eigenvalue weighted by atomic mass is 9.44. The van der Waals surface area contributed by atoms with Gasteiger partial charge in [0.2, 0.25) is 0 Å². The van der Waals surface area contributed by atoms with Gasteiger partial charge in [0.05, 0.1) is 5.60 Å². The standard InChI is InChI=1S/C13H22O/c1-3-13(14)10-4-9-5-11(13)8-12(2,6-9)7-10/h9-11,14H,3-8H2,1-2H3. The zero-order chi connectivity index (χ0) is 9.97. The summed E-state index contributed by atoms with van der Waals surface area (Å²) in [4.78, 5) is 0. The van der Waals surface area contributed by atoms with Crippen LogP contribution < -0.4 is 0 Å². The molecule has 0 aromatic heterocycles. The molecule has 0 spiro atoms. The van der Waals surface area contributed by atoms with Crippen LogP contribution in [0.4, 0.5) is 0 Å². The summed E-state index contributed by atoms with van der Waals surface area (Å²) >= 11 is 0. The van der Waals surface area contributed by atoms with E-state index >= 15 is 0 Å². The van der Waals surface area contributed by atoms with E-state index in [1.807, 2.05) is 0 Å². The van der Waals surface area contributed by atoms with E-state index in [4.69, 9.17) is 0 Å². The molecule has 1 nitrogen and oxygen atoms in total. The molecular formula is C13H22O. The third kappa shape index (κ3) is 0.997. The second-order valence-electron chi connectivity index (χ2n) is 6.50. The molecule has 0 saturated heterocycles. The van der Waals surface area contributed by atoms with Crippen molar-refractivity contribution in [2.45, 2.75) is 58.0 Å². The highest BCUT2D eigenvalue weighted by atomic mass is 16.3. The minimum absolute atomic E-state index is 0.281. The van der Waals surface area contributed by atoms with Crippen LogP contribution in [0.3, 0.4) is 0 Å². The molecule has 1 heteroatoms. The Morgan fingerprint density at radius 2 is 1.71 bits per heavy atom. The summed E-state index contributed by atoms with van der Waals surface area (Å²) < 4.78 is 0. The molecule has 4 fully saturated rings. The summed E-state index contributed by atoms with van der Waals surface area (Å²) in [5.74, 6) is 2.21. The molecule has 4 aliphatic rings. The molecule has 0 aromatic rings. The van der Waals surface area contributed by atoms with Gasteiger partial charge in [-0.1, -0.05) is 13.8 Å². The Bertz CT molecular complexity index is 242. The first kappa shape index (κ1) is 9.21. The molecule has 0 amide bonds. The van der Waals surface area contributed by atoms with E-state index in [1.54, 1.807) is 0 Å². The fourth-order valence-corrected chi connectivity index (χ4v) is 5.04. The fraction of sp³-hybridized carbons (Fsp3) is 1.00. The minimum atomic E-state index is -0.281. The normalized spacial score (nSPS) is 60.6. The molecule has 0 radical (unpaired) electrons. The number of aliphatic hydroxyl groups is 1. The monoisotopic (exact) mass is 194 g/mol. The zero-order valence-electron chi connectivity index (χ0n) is 9.42. The van der Waals surface area contributed by atoms with Gasteiger partial charge in [-0.3, -0.25) is 0 Å². The van der Waals surface area contributed by atoms with Crippen LogP contribution >= 0.6 is 0 Å². The molecule has 4 saturated carbocycles. The van der Waals surface area contributed by atoms with Gasteiger partial charge in [0.15, 0.2) is 0 Å². The molecule has 80 valence electrons. The smallest absolute Gasteiger partial charge is 0.0701 e. The van der Waals surface area contributed by atoms with Gasteiger partial charge in [-0.2, -0.15) is 0 Å². The van der Waals surface area contributed by atoms with E-state index in [1.165, 1.54) is 32.1 Å². The molecule has 4 aliphatic carbocycles. The van der Waals surface area contributed by atoms with E-state index in [9.17, 15) is 5.11 Å². The van der Waals surface area contributed by atoms with Crippen LogP contribution in [-0.2, 0) is 0 Å². The lowest BCUT2D eigenvalue weighted by Crippen LogP contribution is -2.60. The summed E-state index contributed by atoms with van der Waals surface area (Å²) in [5, 5.41) is 10.7. The summed E-state index contributed by atoms with van der Waals surface area (Å²) in [6.45, 7) is 4.62. The number of hydrogen-bond acceptors (Lipinski definition) is 1. The van der Waals surface area contributed by atoms with Crippen molar-refractivity contribution in [3.05, 3.63) is 0 Å². The van der Waals surface area contributed by atoms with Crippen molar-refractivity contribution in [3.8, 4) is 0 Å². The Hall–Kier alpha value is -0.0400. The molecule has 2 unspecified atom stereocenters. The van der Waals surface area contributed by atoms with Crippen molar-refractivity contribution in [1.29, 1.82) is 0 Å². The van der Waals surface area contributed by atoms with E-state index in [2.05, 4.69) is 13.8 Å².